The highest BCUT2D eigenvalue weighted by Gasteiger charge is 1.95. The summed E-state index contributed by atoms with van der Waals surface area (Å²) in [4.78, 5) is 0. The SMILES string of the molecule is C1CCCCC1.CC(C)CO. The zero-order chi connectivity index (χ0) is 8.53. The quantitative estimate of drug-likeness (QED) is 0.622. The van der Waals surface area contributed by atoms with Gasteiger partial charge in [0.15, 0.2) is 0 Å². The molecule has 0 saturated heterocycles. The number of hydrogen-bond donors (Lipinski definition) is 1. The molecule has 1 heteroatoms. The summed E-state index contributed by atoms with van der Waals surface area (Å²) in [6, 6.07) is 0. The van der Waals surface area contributed by atoms with Crippen LogP contribution in [-0.2, 0) is 0 Å². The van der Waals surface area contributed by atoms with Crippen LogP contribution >= 0.6 is 0 Å². The van der Waals surface area contributed by atoms with Gasteiger partial charge in [-0.25, -0.2) is 0 Å². The maximum absolute atomic E-state index is 8.14. The smallest absolute Gasteiger partial charge is 0.0453 e. The van der Waals surface area contributed by atoms with E-state index in [2.05, 4.69) is 0 Å². The molecular weight excluding hydrogens is 136 g/mol. The molecule has 1 aliphatic carbocycles. The molecule has 0 aromatic carbocycles. The summed E-state index contributed by atoms with van der Waals surface area (Å²) >= 11 is 0. The molecule has 0 heterocycles. The van der Waals surface area contributed by atoms with Crippen LogP contribution in [0.5, 0.6) is 0 Å². The molecule has 1 nitrogen and oxygen atoms in total. The first kappa shape index (κ1) is 11.0. The zero-order valence-electron chi connectivity index (χ0n) is 7.97. The molecule has 1 fully saturated rings. The largest absolute Gasteiger partial charge is 0.396 e. The zero-order valence-corrected chi connectivity index (χ0v) is 7.97. The van der Waals surface area contributed by atoms with E-state index < -0.39 is 0 Å². The van der Waals surface area contributed by atoms with Gasteiger partial charge in [0, 0.05) is 6.61 Å². The van der Waals surface area contributed by atoms with Crippen molar-refractivity contribution in [1.82, 2.24) is 0 Å². The van der Waals surface area contributed by atoms with Gasteiger partial charge in [0.1, 0.15) is 0 Å². The van der Waals surface area contributed by atoms with Crippen LogP contribution in [0.2, 0.25) is 0 Å². The Bertz CT molecular complexity index is 53.8. The van der Waals surface area contributed by atoms with Crippen LogP contribution in [0.3, 0.4) is 0 Å². The minimum absolute atomic E-state index is 0.306. The molecule has 0 amide bonds. The monoisotopic (exact) mass is 158 g/mol. The fourth-order valence-electron chi connectivity index (χ4n) is 1.06. The van der Waals surface area contributed by atoms with Crippen molar-refractivity contribution < 1.29 is 5.11 Å². The topological polar surface area (TPSA) is 20.2 Å². The van der Waals surface area contributed by atoms with E-state index in [9.17, 15) is 0 Å². The van der Waals surface area contributed by atoms with Crippen LogP contribution in [0.1, 0.15) is 52.4 Å². The summed E-state index contributed by atoms with van der Waals surface area (Å²) < 4.78 is 0. The van der Waals surface area contributed by atoms with Gasteiger partial charge in [-0.2, -0.15) is 0 Å². The molecule has 1 saturated carbocycles. The van der Waals surface area contributed by atoms with Crippen LogP contribution in [0.25, 0.3) is 0 Å². The predicted molar refractivity (Wildman–Crippen MR) is 49.6 cm³/mol. The second-order valence-electron chi connectivity index (χ2n) is 3.70. The van der Waals surface area contributed by atoms with Crippen molar-refractivity contribution >= 4 is 0 Å². The second kappa shape index (κ2) is 8.06. The lowest BCUT2D eigenvalue weighted by Gasteiger charge is -2.05. The average molecular weight is 158 g/mol. The van der Waals surface area contributed by atoms with E-state index in [1.54, 1.807) is 0 Å². The Morgan fingerprint density at radius 3 is 1.18 bits per heavy atom. The Balaban J connectivity index is 0.000000187. The van der Waals surface area contributed by atoms with E-state index >= 15 is 0 Å². The van der Waals surface area contributed by atoms with Crippen molar-refractivity contribution in [1.29, 1.82) is 0 Å². The van der Waals surface area contributed by atoms with Crippen LogP contribution in [0.4, 0.5) is 0 Å². The molecular formula is C10H22O. The first-order valence-electron chi connectivity index (χ1n) is 4.88. The number of hydrogen-bond acceptors (Lipinski definition) is 1. The third-order valence-corrected chi connectivity index (χ3v) is 1.87. The highest BCUT2D eigenvalue weighted by Crippen LogP contribution is 2.15. The van der Waals surface area contributed by atoms with Crippen LogP contribution < -0.4 is 0 Å². The van der Waals surface area contributed by atoms with Crippen LogP contribution in [0, 0.1) is 5.92 Å². The van der Waals surface area contributed by atoms with E-state index in [1.807, 2.05) is 13.8 Å². The minimum atomic E-state index is 0.306. The number of aliphatic hydroxyl groups is 1. The van der Waals surface area contributed by atoms with Gasteiger partial charge in [0.2, 0.25) is 0 Å². The molecule has 11 heavy (non-hydrogen) atoms. The van der Waals surface area contributed by atoms with Crippen molar-refractivity contribution in [2.75, 3.05) is 6.61 Å². The Morgan fingerprint density at radius 1 is 0.909 bits per heavy atom. The molecule has 0 aromatic rings. The summed E-state index contributed by atoms with van der Waals surface area (Å²) in [5.74, 6) is 0.440. The molecule has 0 aliphatic heterocycles. The molecule has 1 N–H and O–H groups in total. The summed E-state index contributed by atoms with van der Waals surface area (Å²) in [6.45, 7) is 4.25. The number of rotatable bonds is 1. The van der Waals surface area contributed by atoms with Crippen molar-refractivity contribution in [2.45, 2.75) is 52.4 Å². The first-order valence-corrected chi connectivity index (χ1v) is 4.88. The van der Waals surface area contributed by atoms with Crippen LogP contribution in [-0.4, -0.2) is 11.7 Å². The first-order chi connectivity index (χ1) is 5.27. The van der Waals surface area contributed by atoms with E-state index in [0.29, 0.717) is 12.5 Å². The van der Waals surface area contributed by atoms with Crippen molar-refractivity contribution in [2.24, 2.45) is 5.92 Å². The summed E-state index contributed by atoms with van der Waals surface area (Å²) in [7, 11) is 0. The molecule has 0 atom stereocenters. The molecule has 1 rings (SSSR count). The second-order valence-corrected chi connectivity index (χ2v) is 3.70. The molecule has 0 aromatic heterocycles. The Labute approximate surface area is 70.8 Å². The molecule has 0 unspecified atom stereocenters. The van der Waals surface area contributed by atoms with Gasteiger partial charge in [0.05, 0.1) is 0 Å². The standard InChI is InChI=1S/C6H12.C4H10O/c1-2-4-6-5-3-1;1-4(2)3-5/h1-6H2;4-5H,3H2,1-2H3. The maximum atomic E-state index is 8.14. The average Bonchev–Trinajstić information content (AvgIpc) is 2.09. The van der Waals surface area contributed by atoms with E-state index in [4.69, 9.17) is 5.11 Å². The van der Waals surface area contributed by atoms with E-state index in [0.717, 1.165) is 0 Å². The fourth-order valence-corrected chi connectivity index (χ4v) is 1.06. The summed E-state index contributed by atoms with van der Waals surface area (Å²) in [5.41, 5.74) is 0. The Morgan fingerprint density at radius 2 is 1.09 bits per heavy atom. The number of aliphatic hydroxyl groups excluding tert-OH is 1. The predicted octanol–water partition coefficient (Wildman–Crippen LogP) is 2.98. The van der Waals surface area contributed by atoms with Crippen LogP contribution in [0.15, 0.2) is 0 Å². The van der Waals surface area contributed by atoms with E-state index in [-0.39, 0.29) is 0 Å². The third-order valence-electron chi connectivity index (χ3n) is 1.87. The molecule has 68 valence electrons. The molecule has 1 aliphatic rings. The minimum Gasteiger partial charge on any atom is -0.396 e. The van der Waals surface area contributed by atoms with Gasteiger partial charge >= 0.3 is 0 Å². The van der Waals surface area contributed by atoms with Crippen molar-refractivity contribution in [3.63, 3.8) is 0 Å². The van der Waals surface area contributed by atoms with Crippen molar-refractivity contribution in [3.05, 3.63) is 0 Å². The van der Waals surface area contributed by atoms with Gasteiger partial charge < -0.3 is 5.11 Å². The van der Waals surface area contributed by atoms with Gasteiger partial charge in [-0.15, -0.1) is 0 Å². The Hall–Kier alpha value is -0.0400. The maximum Gasteiger partial charge on any atom is 0.0453 e. The van der Waals surface area contributed by atoms with Crippen molar-refractivity contribution in [3.8, 4) is 0 Å². The summed E-state index contributed by atoms with van der Waals surface area (Å²) in [5, 5.41) is 8.14. The van der Waals surface area contributed by atoms with E-state index in [1.165, 1.54) is 38.5 Å². The summed E-state index contributed by atoms with van der Waals surface area (Å²) in [6.07, 6.45) is 9.00. The normalized spacial score (nSPS) is 17.5. The molecule has 0 bridgehead atoms. The van der Waals surface area contributed by atoms with Gasteiger partial charge in [-0.1, -0.05) is 52.4 Å². The fraction of sp³-hybridized carbons (Fsp3) is 1.00. The van der Waals surface area contributed by atoms with Gasteiger partial charge in [-0.05, 0) is 5.92 Å². The lowest BCUT2D eigenvalue weighted by Crippen LogP contribution is -1.90. The highest BCUT2D eigenvalue weighted by molar-refractivity contribution is 4.51. The third kappa shape index (κ3) is 9.96. The lowest BCUT2D eigenvalue weighted by molar-refractivity contribution is 0.248. The van der Waals surface area contributed by atoms with Gasteiger partial charge in [0.25, 0.3) is 0 Å². The lowest BCUT2D eigenvalue weighted by atomic mass is 10.0. The highest BCUT2D eigenvalue weighted by atomic mass is 16.3. The van der Waals surface area contributed by atoms with Gasteiger partial charge in [-0.3, -0.25) is 0 Å². The molecule has 0 spiro atoms. The molecule has 0 radical (unpaired) electrons. The Kier molecular flexibility index (Phi) is 8.03.